The SMILES string of the molecule is CN(C(=O)COc1nnc[s+]1C(F)(F)F)c1ccccc1. The minimum Gasteiger partial charge on any atom is -0.427 e. The van der Waals surface area contributed by atoms with E-state index >= 15 is 0 Å². The van der Waals surface area contributed by atoms with Crippen LogP contribution in [0.1, 0.15) is 0 Å². The molecule has 1 amide bonds. The number of carbonyl (C=O) groups is 1. The predicted octanol–water partition coefficient (Wildman–Crippen LogP) is 2.74. The van der Waals surface area contributed by atoms with E-state index in [0.29, 0.717) is 11.2 Å². The lowest BCUT2D eigenvalue weighted by molar-refractivity contribution is -0.120. The lowest BCUT2D eigenvalue weighted by atomic mass is 10.3. The summed E-state index contributed by atoms with van der Waals surface area (Å²) in [6.45, 7) is -0.535. The van der Waals surface area contributed by atoms with E-state index in [-0.39, 0.29) is 0 Å². The van der Waals surface area contributed by atoms with Gasteiger partial charge in [-0.15, -0.1) is 13.2 Å². The molecule has 5 nitrogen and oxygen atoms in total. The molecule has 0 spiro atoms. The van der Waals surface area contributed by atoms with Gasteiger partial charge in [0.15, 0.2) is 17.1 Å². The van der Waals surface area contributed by atoms with E-state index in [4.69, 9.17) is 4.74 Å². The second-order valence-corrected chi connectivity index (χ2v) is 5.65. The maximum atomic E-state index is 12.6. The zero-order chi connectivity index (χ0) is 15.5. The molecule has 21 heavy (non-hydrogen) atoms. The van der Waals surface area contributed by atoms with Crippen LogP contribution < -0.4 is 9.64 Å². The number of alkyl halides is 3. The second-order valence-electron chi connectivity index (χ2n) is 3.95. The van der Waals surface area contributed by atoms with E-state index in [1.807, 2.05) is 0 Å². The molecule has 1 atom stereocenters. The zero-order valence-electron chi connectivity index (χ0n) is 10.9. The van der Waals surface area contributed by atoms with Crippen LogP contribution in [0.4, 0.5) is 18.9 Å². The van der Waals surface area contributed by atoms with Crippen molar-refractivity contribution in [1.82, 2.24) is 10.2 Å². The molecule has 0 saturated heterocycles. The first-order chi connectivity index (χ1) is 9.89. The molecule has 0 radical (unpaired) electrons. The van der Waals surface area contributed by atoms with E-state index in [0.717, 1.165) is 0 Å². The van der Waals surface area contributed by atoms with Crippen LogP contribution >= 0.6 is 10.5 Å². The first-order valence-electron chi connectivity index (χ1n) is 5.75. The van der Waals surface area contributed by atoms with Gasteiger partial charge < -0.3 is 9.64 Å². The normalized spacial score (nSPS) is 12.1. The summed E-state index contributed by atoms with van der Waals surface area (Å²) in [4.78, 5) is 13.2. The third-order valence-corrected chi connectivity index (χ3v) is 3.95. The van der Waals surface area contributed by atoms with Gasteiger partial charge in [-0.25, -0.2) is 0 Å². The van der Waals surface area contributed by atoms with Gasteiger partial charge in [0.1, 0.15) is 0 Å². The highest BCUT2D eigenvalue weighted by molar-refractivity contribution is 7.31. The van der Waals surface area contributed by atoms with Gasteiger partial charge in [0.05, 0.1) is 0 Å². The number of nitrogens with zero attached hydrogens (tertiary/aromatic N) is 3. The molecule has 1 heterocycles. The predicted molar refractivity (Wildman–Crippen MR) is 71.2 cm³/mol. The molecule has 0 aliphatic carbocycles. The highest BCUT2D eigenvalue weighted by atomic mass is 32.2. The van der Waals surface area contributed by atoms with Gasteiger partial charge in [-0.3, -0.25) is 4.79 Å². The van der Waals surface area contributed by atoms with Crippen molar-refractivity contribution in [3.8, 4) is 5.19 Å². The van der Waals surface area contributed by atoms with Crippen molar-refractivity contribution in [1.29, 1.82) is 0 Å². The first-order valence-corrected chi connectivity index (χ1v) is 7.04. The Balaban J connectivity index is 2.01. The molecule has 9 heteroatoms. The Hall–Kier alpha value is -2.16. The average molecular weight is 318 g/mol. The third kappa shape index (κ3) is 3.69. The lowest BCUT2D eigenvalue weighted by Gasteiger charge is -2.16. The van der Waals surface area contributed by atoms with Crippen LogP contribution in [-0.2, 0) is 10.3 Å². The summed E-state index contributed by atoms with van der Waals surface area (Å²) in [5.41, 5.74) is -3.22. The topological polar surface area (TPSA) is 55.3 Å². The van der Waals surface area contributed by atoms with Gasteiger partial charge in [-0.2, -0.15) is 0 Å². The number of benzene rings is 1. The van der Waals surface area contributed by atoms with Crippen LogP contribution in [0.25, 0.3) is 0 Å². The van der Waals surface area contributed by atoms with Crippen molar-refractivity contribution in [2.75, 3.05) is 18.6 Å². The van der Waals surface area contributed by atoms with Crippen molar-refractivity contribution in [2.24, 2.45) is 0 Å². The number of carbonyl (C=O) groups excluding carboxylic acids is 1. The highest BCUT2D eigenvalue weighted by Gasteiger charge is 2.49. The molecule has 0 aliphatic rings. The summed E-state index contributed by atoms with van der Waals surface area (Å²) in [7, 11) is -0.780. The fourth-order valence-electron chi connectivity index (χ4n) is 1.47. The molecule has 2 rings (SSSR count). The van der Waals surface area contributed by atoms with Crippen LogP contribution in [0.15, 0.2) is 35.8 Å². The van der Waals surface area contributed by atoms with Crippen LogP contribution in [0.5, 0.6) is 5.19 Å². The molecule has 0 saturated carbocycles. The smallest absolute Gasteiger partial charge is 0.427 e. The molecule has 0 fully saturated rings. The Bertz CT molecular complexity index is 616. The summed E-state index contributed by atoms with van der Waals surface area (Å²) in [5.74, 6) is -0.485. The largest absolute Gasteiger partial charge is 0.606 e. The van der Waals surface area contributed by atoms with Crippen molar-refractivity contribution >= 4 is 22.1 Å². The van der Waals surface area contributed by atoms with Gasteiger partial charge in [-0.05, 0) is 12.1 Å². The number of amides is 1. The Morgan fingerprint density at radius 1 is 1.33 bits per heavy atom. The Morgan fingerprint density at radius 3 is 2.62 bits per heavy atom. The molecule has 1 unspecified atom stereocenters. The molecule has 0 bridgehead atoms. The zero-order valence-corrected chi connectivity index (χ0v) is 11.7. The number of aromatic nitrogens is 2. The molecule has 2 aromatic rings. The number of halogens is 3. The minimum atomic E-state index is -4.51. The van der Waals surface area contributed by atoms with E-state index in [1.54, 1.807) is 30.3 Å². The van der Waals surface area contributed by atoms with E-state index in [2.05, 4.69) is 10.2 Å². The summed E-state index contributed by atoms with van der Waals surface area (Å²) in [5, 5.41) is 5.89. The summed E-state index contributed by atoms with van der Waals surface area (Å²) < 4.78 is 42.7. The fraction of sp³-hybridized carbons (Fsp3) is 0.250. The molecule has 0 aliphatic heterocycles. The first kappa shape index (κ1) is 15.2. The van der Waals surface area contributed by atoms with Crippen LogP contribution in [-0.4, -0.2) is 29.8 Å². The number of para-hydroxylation sites is 1. The standard InChI is InChI=1S/C12H11F3N3O2S/c1-18(9-5-3-2-4-6-9)10(19)7-20-11-17-16-8-21(11)12(13,14)15/h2-6,8H,7H2,1H3/q+1. The van der Waals surface area contributed by atoms with Gasteiger partial charge in [0.25, 0.3) is 11.4 Å². The quantitative estimate of drug-likeness (QED) is 0.814. The van der Waals surface area contributed by atoms with E-state index in [1.165, 1.54) is 11.9 Å². The molecular weight excluding hydrogens is 307 g/mol. The molecule has 1 aromatic carbocycles. The maximum absolute atomic E-state index is 12.6. The average Bonchev–Trinajstić information content (AvgIpc) is 2.93. The number of anilines is 1. The number of hydrogen-bond acceptors (Lipinski definition) is 4. The van der Waals surface area contributed by atoms with Crippen molar-refractivity contribution in [3.05, 3.63) is 35.8 Å². The Kier molecular flexibility index (Phi) is 4.41. The Labute approximate surface area is 120 Å². The molecule has 1 aromatic heterocycles. The molecular formula is C12H11F3N3O2S+. The van der Waals surface area contributed by atoms with Crippen LogP contribution in [0.3, 0.4) is 0 Å². The van der Waals surface area contributed by atoms with Gasteiger partial charge in [-0.1, -0.05) is 28.4 Å². The third-order valence-electron chi connectivity index (χ3n) is 2.57. The number of ether oxygens (including phenoxy) is 1. The van der Waals surface area contributed by atoms with Gasteiger partial charge >= 0.3 is 10.7 Å². The monoisotopic (exact) mass is 318 g/mol. The van der Waals surface area contributed by atoms with Gasteiger partial charge in [0.2, 0.25) is 0 Å². The maximum Gasteiger partial charge on any atom is 0.606 e. The fourth-order valence-corrected chi connectivity index (χ4v) is 2.34. The lowest BCUT2D eigenvalue weighted by Crippen LogP contribution is -2.31. The van der Waals surface area contributed by atoms with Crippen LogP contribution in [0, 0.1) is 0 Å². The van der Waals surface area contributed by atoms with Crippen molar-refractivity contribution in [2.45, 2.75) is 5.51 Å². The Morgan fingerprint density at radius 2 is 2.00 bits per heavy atom. The minimum absolute atomic E-state index is 0.485. The summed E-state index contributed by atoms with van der Waals surface area (Å²) >= 11 is 0. The number of hydrogen-bond donors (Lipinski definition) is 0. The number of rotatable bonds is 4. The van der Waals surface area contributed by atoms with E-state index in [9.17, 15) is 18.0 Å². The van der Waals surface area contributed by atoms with Crippen molar-refractivity contribution < 1.29 is 22.7 Å². The summed E-state index contributed by atoms with van der Waals surface area (Å²) in [6, 6.07) is 8.69. The van der Waals surface area contributed by atoms with E-state index < -0.39 is 33.7 Å². The highest BCUT2D eigenvalue weighted by Crippen LogP contribution is 2.46. The van der Waals surface area contributed by atoms with Crippen molar-refractivity contribution in [3.63, 3.8) is 0 Å². The molecule has 112 valence electrons. The van der Waals surface area contributed by atoms with Gasteiger partial charge in [0, 0.05) is 12.7 Å². The summed E-state index contributed by atoms with van der Waals surface area (Å²) in [6.07, 6.45) is 0. The number of likely N-dealkylation sites (N-methyl/N-ethyl adjacent to an activating group) is 1. The second kappa shape index (κ2) is 6.08. The van der Waals surface area contributed by atoms with Crippen LogP contribution in [0.2, 0.25) is 0 Å². The molecule has 0 N–H and O–H groups in total.